The molecule has 3 aromatic carbocycles. The summed E-state index contributed by atoms with van der Waals surface area (Å²) in [6, 6.07) is 18.0. The molecule has 0 saturated carbocycles. The zero-order valence-corrected chi connectivity index (χ0v) is 24.2. The molecule has 2 atom stereocenters. The molecule has 0 radical (unpaired) electrons. The first-order chi connectivity index (χ1) is 20.6. The number of halogens is 2. The van der Waals surface area contributed by atoms with Crippen LogP contribution in [0.15, 0.2) is 60.7 Å². The maximum atomic E-state index is 13.7. The van der Waals surface area contributed by atoms with Crippen LogP contribution in [0.3, 0.4) is 0 Å². The topological polar surface area (TPSA) is 64.2 Å². The van der Waals surface area contributed by atoms with Crippen LogP contribution in [0.25, 0.3) is 0 Å². The smallest absolute Gasteiger partial charge is 0.146 e. The molecule has 226 valence electrons. The molecule has 0 spiro atoms. The van der Waals surface area contributed by atoms with Crippen molar-refractivity contribution >= 4 is 11.4 Å². The van der Waals surface area contributed by atoms with Crippen molar-refractivity contribution in [3.05, 3.63) is 83.4 Å². The van der Waals surface area contributed by atoms with Gasteiger partial charge in [0.25, 0.3) is 0 Å². The van der Waals surface area contributed by atoms with Gasteiger partial charge in [-0.05, 0) is 79.4 Å². The first-order valence-electron chi connectivity index (χ1n) is 14.8. The first-order valence-corrected chi connectivity index (χ1v) is 14.8. The van der Waals surface area contributed by atoms with Gasteiger partial charge in [-0.1, -0.05) is 18.2 Å². The molecule has 0 unspecified atom stereocenters. The third kappa shape index (κ3) is 8.12. The van der Waals surface area contributed by atoms with Crippen LogP contribution in [0.4, 0.5) is 20.2 Å². The van der Waals surface area contributed by atoms with E-state index in [9.17, 15) is 8.78 Å². The second-order valence-corrected chi connectivity index (χ2v) is 10.8. The van der Waals surface area contributed by atoms with Crippen molar-refractivity contribution in [2.45, 2.75) is 37.9 Å². The number of benzene rings is 3. The minimum Gasteiger partial charge on any atom is -0.494 e. The predicted octanol–water partition coefficient (Wildman–Crippen LogP) is 5.74. The maximum absolute atomic E-state index is 13.7. The number of hydrogen-bond donors (Lipinski definition) is 2. The van der Waals surface area contributed by atoms with E-state index in [2.05, 4.69) is 45.9 Å². The lowest BCUT2D eigenvalue weighted by Crippen LogP contribution is -2.41. The fraction of sp³-hybridized carbons (Fsp3) is 0.455. The van der Waals surface area contributed by atoms with Gasteiger partial charge in [-0.25, -0.2) is 8.78 Å². The molecule has 1 saturated heterocycles. The van der Waals surface area contributed by atoms with E-state index in [4.69, 9.17) is 18.9 Å². The number of methoxy groups -OCH3 is 1. The molecule has 0 aromatic heterocycles. The standard InChI is InChI=1S/C33H41F2N3O4/c1-39-17-3-15-38-16-19-41-32-11-4-24(20-31(32)38)23-42-33-22-36-14-12-28(33)25-5-8-27(9-6-25)40-18-2-13-37-30-21-26(34)7-10-29(30)35/h4-11,20-21,28,33,36-37H,2-3,12-19,22-23H2,1H3/t28-,33+/m1/s1. The molecule has 2 heterocycles. The Kier molecular flexibility index (Phi) is 10.9. The molecule has 2 N–H and O–H groups in total. The Hall–Kier alpha value is -3.40. The van der Waals surface area contributed by atoms with E-state index < -0.39 is 11.6 Å². The summed E-state index contributed by atoms with van der Waals surface area (Å²) in [4.78, 5) is 2.37. The summed E-state index contributed by atoms with van der Waals surface area (Å²) in [5, 5.41) is 6.41. The highest BCUT2D eigenvalue weighted by Gasteiger charge is 2.27. The van der Waals surface area contributed by atoms with Crippen molar-refractivity contribution < 1.29 is 27.7 Å². The van der Waals surface area contributed by atoms with Gasteiger partial charge in [0.1, 0.15) is 29.7 Å². The zero-order valence-electron chi connectivity index (χ0n) is 24.2. The number of fused-ring (bicyclic) bond motifs is 1. The van der Waals surface area contributed by atoms with Crippen LogP contribution in [0.5, 0.6) is 11.5 Å². The van der Waals surface area contributed by atoms with Crippen LogP contribution in [-0.2, 0) is 16.1 Å². The Labute approximate surface area is 247 Å². The zero-order chi connectivity index (χ0) is 29.1. The third-order valence-electron chi connectivity index (χ3n) is 7.79. The van der Waals surface area contributed by atoms with Crippen molar-refractivity contribution in [3.8, 4) is 11.5 Å². The van der Waals surface area contributed by atoms with Crippen LogP contribution in [0.1, 0.15) is 36.3 Å². The highest BCUT2D eigenvalue weighted by Crippen LogP contribution is 2.34. The molecule has 0 amide bonds. The molecule has 5 rings (SSSR count). The van der Waals surface area contributed by atoms with E-state index in [0.717, 1.165) is 86.6 Å². The SMILES string of the molecule is COCCCN1CCOc2ccc(CO[C@H]3CNCC[C@@H]3c3ccc(OCCCNc4cc(F)ccc4F)cc3)cc21. The molecule has 2 aliphatic rings. The largest absolute Gasteiger partial charge is 0.494 e. The maximum Gasteiger partial charge on any atom is 0.146 e. The van der Waals surface area contributed by atoms with Gasteiger partial charge in [-0.15, -0.1) is 0 Å². The summed E-state index contributed by atoms with van der Waals surface area (Å²) in [5.74, 6) is 1.07. The minimum atomic E-state index is -0.467. The second-order valence-electron chi connectivity index (χ2n) is 10.8. The second kappa shape index (κ2) is 15.2. The number of nitrogens with one attached hydrogen (secondary N) is 2. The molecule has 0 bridgehead atoms. The van der Waals surface area contributed by atoms with Crippen molar-refractivity contribution in [3.63, 3.8) is 0 Å². The van der Waals surface area contributed by atoms with E-state index in [1.807, 2.05) is 12.1 Å². The molecule has 9 heteroatoms. The van der Waals surface area contributed by atoms with Gasteiger partial charge in [0, 0.05) is 39.3 Å². The van der Waals surface area contributed by atoms with Gasteiger partial charge in [0.05, 0.1) is 37.2 Å². The average Bonchev–Trinajstić information content (AvgIpc) is 3.02. The summed E-state index contributed by atoms with van der Waals surface area (Å²) in [5.41, 5.74) is 3.67. The van der Waals surface area contributed by atoms with Crippen molar-refractivity contribution in [2.24, 2.45) is 0 Å². The van der Waals surface area contributed by atoms with Crippen molar-refractivity contribution in [1.82, 2.24) is 5.32 Å². The fourth-order valence-electron chi connectivity index (χ4n) is 5.56. The van der Waals surface area contributed by atoms with Gasteiger partial charge >= 0.3 is 0 Å². The summed E-state index contributed by atoms with van der Waals surface area (Å²) in [6.07, 6.45) is 2.69. The van der Waals surface area contributed by atoms with Crippen LogP contribution in [-0.4, -0.2) is 65.8 Å². The van der Waals surface area contributed by atoms with Gasteiger partial charge in [0.15, 0.2) is 0 Å². The number of ether oxygens (including phenoxy) is 4. The van der Waals surface area contributed by atoms with Gasteiger partial charge < -0.3 is 34.5 Å². The molecule has 0 aliphatic carbocycles. The number of hydrogen-bond acceptors (Lipinski definition) is 7. The number of piperidine rings is 1. The van der Waals surface area contributed by atoms with E-state index in [1.54, 1.807) is 7.11 Å². The van der Waals surface area contributed by atoms with E-state index in [1.165, 1.54) is 5.56 Å². The molecule has 2 aliphatic heterocycles. The Bertz CT molecular complexity index is 1280. The lowest BCUT2D eigenvalue weighted by Gasteiger charge is -2.33. The quantitative estimate of drug-likeness (QED) is 0.235. The van der Waals surface area contributed by atoms with Crippen molar-refractivity contribution in [1.29, 1.82) is 0 Å². The Morgan fingerprint density at radius 1 is 1.02 bits per heavy atom. The fourth-order valence-corrected chi connectivity index (χ4v) is 5.56. The Balaban J connectivity index is 1.11. The summed E-state index contributed by atoms with van der Waals surface area (Å²) < 4.78 is 50.6. The lowest BCUT2D eigenvalue weighted by atomic mass is 9.87. The van der Waals surface area contributed by atoms with Crippen LogP contribution >= 0.6 is 0 Å². The molecular weight excluding hydrogens is 540 g/mol. The molecule has 7 nitrogen and oxygen atoms in total. The van der Waals surface area contributed by atoms with E-state index >= 15 is 0 Å². The third-order valence-corrected chi connectivity index (χ3v) is 7.79. The van der Waals surface area contributed by atoms with E-state index in [-0.39, 0.29) is 17.7 Å². The highest BCUT2D eigenvalue weighted by atomic mass is 19.1. The first kappa shape index (κ1) is 30.1. The van der Waals surface area contributed by atoms with Gasteiger partial charge in [-0.2, -0.15) is 0 Å². The Morgan fingerprint density at radius 3 is 2.76 bits per heavy atom. The van der Waals surface area contributed by atoms with Crippen LogP contribution < -0.4 is 25.0 Å². The predicted molar refractivity (Wildman–Crippen MR) is 161 cm³/mol. The highest BCUT2D eigenvalue weighted by molar-refractivity contribution is 5.61. The summed E-state index contributed by atoms with van der Waals surface area (Å²) in [6.45, 7) is 6.51. The Morgan fingerprint density at radius 2 is 1.90 bits per heavy atom. The van der Waals surface area contributed by atoms with Gasteiger partial charge in [0.2, 0.25) is 0 Å². The molecule has 3 aromatic rings. The molecule has 1 fully saturated rings. The number of anilines is 2. The summed E-state index contributed by atoms with van der Waals surface area (Å²) >= 11 is 0. The van der Waals surface area contributed by atoms with Crippen LogP contribution in [0, 0.1) is 11.6 Å². The van der Waals surface area contributed by atoms with Crippen molar-refractivity contribution in [2.75, 3.05) is 69.9 Å². The number of nitrogens with zero attached hydrogens (tertiary/aromatic N) is 1. The van der Waals surface area contributed by atoms with Crippen LogP contribution in [0.2, 0.25) is 0 Å². The average molecular weight is 582 g/mol. The molecule has 42 heavy (non-hydrogen) atoms. The monoisotopic (exact) mass is 581 g/mol. The van der Waals surface area contributed by atoms with Gasteiger partial charge in [-0.3, -0.25) is 0 Å². The summed E-state index contributed by atoms with van der Waals surface area (Å²) in [7, 11) is 1.74. The van der Waals surface area contributed by atoms with E-state index in [0.29, 0.717) is 32.8 Å². The molecular formula is C33H41F2N3O4. The minimum absolute atomic E-state index is 0.0601. The lowest BCUT2D eigenvalue weighted by molar-refractivity contribution is 0.0106. The normalized spacial score (nSPS) is 18.3. The number of rotatable bonds is 14.